The predicted octanol–water partition coefficient (Wildman–Crippen LogP) is 3.09. The average molecular weight is 215 g/mol. The summed E-state index contributed by atoms with van der Waals surface area (Å²) in [5, 5.41) is 2.41. The van der Waals surface area contributed by atoms with Crippen LogP contribution in [0.15, 0.2) is 36.4 Å². The highest BCUT2D eigenvalue weighted by Gasteiger charge is 2.04. The van der Waals surface area contributed by atoms with Crippen molar-refractivity contribution in [2.75, 3.05) is 6.61 Å². The van der Waals surface area contributed by atoms with E-state index in [1.807, 2.05) is 12.1 Å². The molecule has 0 atom stereocenters. The lowest BCUT2D eigenvalue weighted by Gasteiger charge is -2.11. The van der Waals surface area contributed by atoms with Crippen molar-refractivity contribution in [3.05, 3.63) is 42.0 Å². The SMILES string of the molecule is CCCOc1cc2ccccc2cc1CN. The van der Waals surface area contributed by atoms with Gasteiger partial charge in [-0.3, -0.25) is 0 Å². The molecule has 2 heteroatoms. The summed E-state index contributed by atoms with van der Waals surface area (Å²) in [6, 6.07) is 12.4. The minimum absolute atomic E-state index is 0.518. The molecule has 2 aromatic rings. The van der Waals surface area contributed by atoms with Crippen molar-refractivity contribution >= 4 is 10.8 Å². The number of hydrogen-bond acceptors (Lipinski definition) is 2. The van der Waals surface area contributed by atoms with Gasteiger partial charge in [0.1, 0.15) is 5.75 Å². The first-order valence-corrected chi connectivity index (χ1v) is 5.69. The molecule has 0 radical (unpaired) electrons. The first kappa shape index (κ1) is 11.0. The number of ether oxygens (including phenoxy) is 1. The molecule has 0 aliphatic heterocycles. The quantitative estimate of drug-likeness (QED) is 0.850. The highest BCUT2D eigenvalue weighted by atomic mass is 16.5. The van der Waals surface area contributed by atoms with Crippen molar-refractivity contribution in [1.82, 2.24) is 0 Å². The lowest BCUT2D eigenvalue weighted by molar-refractivity contribution is 0.314. The van der Waals surface area contributed by atoms with Crippen molar-refractivity contribution in [2.24, 2.45) is 5.73 Å². The third-order valence-electron chi connectivity index (χ3n) is 2.61. The molecular formula is C14H17NO. The van der Waals surface area contributed by atoms with Crippen LogP contribution in [0.5, 0.6) is 5.75 Å². The van der Waals surface area contributed by atoms with E-state index in [0.29, 0.717) is 6.54 Å². The van der Waals surface area contributed by atoms with Gasteiger partial charge in [-0.1, -0.05) is 31.2 Å². The molecule has 84 valence electrons. The Morgan fingerprint density at radius 3 is 2.44 bits per heavy atom. The first-order valence-electron chi connectivity index (χ1n) is 5.69. The predicted molar refractivity (Wildman–Crippen MR) is 67.6 cm³/mol. The van der Waals surface area contributed by atoms with Crippen LogP contribution in [-0.2, 0) is 6.54 Å². The zero-order chi connectivity index (χ0) is 11.4. The van der Waals surface area contributed by atoms with E-state index in [-0.39, 0.29) is 0 Å². The lowest BCUT2D eigenvalue weighted by Crippen LogP contribution is -2.03. The maximum absolute atomic E-state index is 5.73. The fraction of sp³-hybridized carbons (Fsp3) is 0.286. The molecule has 16 heavy (non-hydrogen) atoms. The lowest BCUT2D eigenvalue weighted by atomic mass is 10.1. The van der Waals surface area contributed by atoms with E-state index in [9.17, 15) is 0 Å². The largest absolute Gasteiger partial charge is 0.493 e. The Kier molecular flexibility index (Phi) is 3.42. The Hall–Kier alpha value is -1.54. The molecule has 2 aromatic carbocycles. The van der Waals surface area contributed by atoms with E-state index in [2.05, 4.69) is 31.2 Å². The van der Waals surface area contributed by atoms with Gasteiger partial charge in [0.2, 0.25) is 0 Å². The van der Waals surface area contributed by atoms with Crippen LogP contribution in [0.2, 0.25) is 0 Å². The van der Waals surface area contributed by atoms with Crippen molar-refractivity contribution < 1.29 is 4.74 Å². The van der Waals surface area contributed by atoms with E-state index >= 15 is 0 Å². The Morgan fingerprint density at radius 2 is 1.81 bits per heavy atom. The van der Waals surface area contributed by atoms with E-state index in [1.165, 1.54) is 10.8 Å². The summed E-state index contributed by atoms with van der Waals surface area (Å²) in [6.07, 6.45) is 1.01. The van der Waals surface area contributed by atoms with Crippen LogP contribution < -0.4 is 10.5 Å². The number of nitrogens with two attached hydrogens (primary N) is 1. The van der Waals surface area contributed by atoms with E-state index in [4.69, 9.17) is 10.5 Å². The second-order valence-electron chi connectivity index (χ2n) is 3.86. The maximum atomic E-state index is 5.73. The minimum Gasteiger partial charge on any atom is -0.493 e. The van der Waals surface area contributed by atoms with E-state index in [0.717, 1.165) is 24.3 Å². The van der Waals surface area contributed by atoms with Crippen LogP contribution in [0.1, 0.15) is 18.9 Å². The summed E-state index contributed by atoms with van der Waals surface area (Å²) in [6.45, 7) is 3.36. The summed E-state index contributed by atoms with van der Waals surface area (Å²) >= 11 is 0. The van der Waals surface area contributed by atoms with Crippen LogP contribution in [0, 0.1) is 0 Å². The molecule has 2 rings (SSSR count). The van der Waals surface area contributed by atoms with Gasteiger partial charge in [0.25, 0.3) is 0 Å². The molecule has 0 fully saturated rings. The Labute approximate surface area is 96.0 Å². The molecule has 0 aliphatic rings. The van der Waals surface area contributed by atoms with Gasteiger partial charge in [-0.2, -0.15) is 0 Å². The van der Waals surface area contributed by atoms with Gasteiger partial charge < -0.3 is 10.5 Å². The fourth-order valence-electron chi connectivity index (χ4n) is 1.77. The molecule has 0 aliphatic carbocycles. The van der Waals surface area contributed by atoms with Crippen LogP contribution >= 0.6 is 0 Å². The number of rotatable bonds is 4. The fourth-order valence-corrected chi connectivity index (χ4v) is 1.77. The smallest absolute Gasteiger partial charge is 0.124 e. The number of benzene rings is 2. The van der Waals surface area contributed by atoms with Gasteiger partial charge in [-0.15, -0.1) is 0 Å². The Morgan fingerprint density at radius 1 is 1.12 bits per heavy atom. The summed E-state index contributed by atoms with van der Waals surface area (Å²) in [5.41, 5.74) is 6.81. The summed E-state index contributed by atoms with van der Waals surface area (Å²) in [4.78, 5) is 0. The second-order valence-corrected chi connectivity index (χ2v) is 3.86. The number of fused-ring (bicyclic) bond motifs is 1. The van der Waals surface area contributed by atoms with Gasteiger partial charge in [0.15, 0.2) is 0 Å². The maximum Gasteiger partial charge on any atom is 0.124 e. The molecule has 0 spiro atoms. The Bertz CT molecular complexity index is 479. The minimum atomic E-state index is 0.518. The third kappa shape index (κ3) is 2.17. The monoisotopic (exact) mass is 215 g/mol. The zero-order valence-corrected chi connectivity index (χ0v) is 9.57. The summed E-state index contributed by atoms with van der Waals surface area (Å²) in [5.74, 6) is 0.919. The first-order chi connectivity index (χ1) is 7.85. The highest BCUT2D eigenvalue weighted by Crippen LogP contribution is 2.25. The summed E-state index contributed by atoms with van der Waals surface area (Å²) < 4.78 is 5.71. The van der Waals surface area contributed by atoms with E-state index in [1.54, 1.807) is 0 Å². The van der Waals surface area contributed by atoms with Crippen LogP contribution in [0.3, 0.4) is 0 Å². The van der Waals surface area contributed by atoms with Gasteiger partial charge >= 0.3 is 0 Å². The molecule has 0 aromatic heterocycles. The average Bonchev–Trinajstić information content (AvgIpc) is 2.35. The van der Waals surface area contributed by atoms with Crippen molar-refractivity contribution in [1.29, 1.82) is 0 Å². The molecular weight excluding hydrogens is 198 g/mol. The molecule has 0 amide bonds. The Balaban J connectivity index is 2.45. The number of hydrogen-bond donors (Lipinski definition) is 1. The van der Waals surface area contributed by atoms with E-state index < -0.39 is 0 Å². The molecule has 0 saturated heterocycles. The van der Waals surface area contributed by atoms with Crippen molar-refractivity contribution in [3.8, 4) is 5.75 Å². The molecule has 0 unspecified atom stereocenters. The van der Waals surface area contributed by atoms with Crippen LogP contribution in [-0.4, -0.2) is 6.61 Å². The molecule has 2 N–H and O–H groups in total. The normalized spacial score (nSPS) is 10.6. The summed E-state index contributed by atoms with van der Waals surface area (Å²) in [7, 11) is 0. The topological polar surface area (TPSA) is 35.2 Å². The van der Waals surface area contributed by atoms with Gasteiger partial charge in [0, 0.05) is 12.1 Å². The van der Waals surface area contributed by atoms with Crippen molar-refractivity contribution in [3.63, 3.8) is 0 Å². The van der Waals surface area contributed by atoms with Gasteiger partial charge in [-0.05, 0) is 29.3 Å². The van der Waals surface area contributed by atoms with Crippen molar-refractivity contribution in [2.45, 2.75) is 19.9 Å². The highest BCUT2D eigenvalue weighted by molar-refractivity contribution is 5.84. The standard InChI is InChI=1S/C14H17NO/c1-2-7-16-14-9-12-6-4-3-5-11(12)8-13(14)10-15/h3-6,8-9H,2,7,10,15H2,1H3. The molecule has 2 nitrogen and oxygen atoms in total. The van der Waals surface area contributed by atoms with Gasteiger partial charge in [-0.25, -0.2) is 0 Å². The van der Waals surface area contributed by atoms with Crippen LogP contribution in [0.4, 0.5) is 0 Å². The van der Waals surface area contributed by atoms with Crippen LogP contribution in [0.25, 0.3) is 10.8 Å². The molecule has 0 saturated carbocycles. The zero-order valence-electron chi connectivity index (χ0n) is 9.57. The molecule has 0 heterocycles. The molecule has 0 bridgehead atoms. The van der Waals surface area contributed by atoms with Gasteiger partial charge in [0.05, 0.1) is 6.61 Å². The third-order valence-corrected chi connectivity index (χ3v) is 2.61. The second kappa shape index (κ2) is 4.99.